The molecule has 1 aliphatic heterocycles. The number of hydrogen-bond acceptors (Lipinski definition) is 12. The fraction of sp³-hybridized carbons (Fsp3) is 0.500. The zero-order valence-electron chi connectivity index (χ0n) is 17.6. The van der Waals surface area contributed by atoms with Gasteiger partial charge in [-0.25, -0.2) is 9.97 Å². The molecule has 1 saturated heterocycles. The van der Waals surface area contributed by atoms with Crippen molar-refractivity contribution in [1.82, 2.24) is 14.5 Å². The summed E-state index contributed by atoms with van der Waals surface area (Å²) < 4.78 is 23.1. The van der Waals surface area contributed by atoms with E-state index in [2.05, 4.69) is 9.97 Å². The Balaban J connectivity index is 2.20. The van der Waals surface area contributed by atoms with Gasteiger partial charge in [0.2, 0.25) is 0 Å². The first-order valence-electron chi connectivity index (χ1n) is 9.36. The van der Waals surface area contributed by atoms with E-state index in [1.807, 2.05) is 0 Å². The van der Waals surface area contributed by atoms with E-state index in [0.717, 1.165) is 26.4 Å². The normalized spacial score (nSPS) is 24.8. The molecule has 14 heteroatoms. The molecule has 14 nitrogen and oxygen atoms in total. The fourth-order valence-electron chi connectivity index (χ4n) is 3.74. The number of nitrogens with zero attached hydrogens (tertiary/aromatic N) is 4. The Morgan fingerprint density at radius 3 is 2.50 bits per heavy atom. The van der Waals surface area contributed by atoms with E-state index < -0.39 is 52.6 Å². The van der Waals surface area contributed by atoms with Crippen molar-refractivity contribution in [3.63, 3.8) is 0 Å². The van der Waals surface area contributed by atoms with Crippen LogP contribution in [0, 0.1) is 10.1 Å². The highest BCUT2D eigenvalue weighted by atomic mass is 16.7. The molecule has 3 heterocycles. The average Bonchev–Trinajstić information content (AvgIpc) is 3.17. The molecule has 3 rings (SSSR count). The second-order valence-corrected chi connectivity index (χ2v) is 7.27. The predicted octanol–water partition coefficient (Wildman–Crippen LogP) is 0.636. The van der Waals surface area contributed by atoms with Crippen LogP contribution in [0.25, 0.3) is 11.0 Å². The highest BCUT2D eigenvalue weighted by molar-refractivity contribution is 5.95. The molecular weight excluding hydrogens is 430 g/mol. The summed E-state index contributed by atoms with van der Waals surface area (Å²) in [6.07, 6.45) is -1.32. The van der Waals surface area contributed by atoms with Crippen LogP contribution < -0.4 is 5.73 Å². The van der Waals surface area contributed by atoms with Gasteiger partial charge in [-0.3, -0.25) is 29.1 Å². The Bertz CT molecular complexity index is 1100. The summed E-state index contributed by atoms with van der Waals surface area (Å²) in [7, 11) is 0. The van der Waals surface area contributed by atoms with Crippen molar-refractivity contribution in [3.05, 3.63) is 22.6 Å². The smallest absolute Gasteiger partial charge is 0.303 e. The zero-order valence-corrected chi connectivity index (χ0v) is 17.6. The summed E-state index contributed by atoms with van der Waals surface area (Å²) in [6, 6.07) is 0. The van der Waals surface area contributed by atoms with Gasteiger partial charge in [0, 0.05) is 20.8 Å². The minimum Gasteiger partial charge on any atom is -0.463 e. The molecule has 4 atom stereocenters. The largest absolute Gasteiger partial charge is 0.463 e. The molecule has 2 aromatic heterocycles. The zero-order chi connectivity index (χ0) is 23.8. The number of anilines is 1. The minimum absolute atomic E-state index is 0.0299. The number of fused-ring (bicyclic) bond motifs is 1. The lowest BCUT2D eigenvalue weighted by molar-refractivity contribution is -0.383. The van der Waals surface area contributed by atoms with Crippen molar-refractivity contribution in [2.45, 2.75) is 51.7 Å². The van der Waals surface area contributed by atoms with Crippen LogP contribution >= 0.6 is 0 Å². The number of hydrogen-bond donors (Lipinski definition) is 1. The third kappa shape index (κ3) is 4.03. The first-order valence-corrected chi connectivity index (χ1v) is 9.36. The fourth-order valence-corrected chi connectivity index (χ4v) is 3.74. The van der Waals surface area contributed by atoms with Crippen LogP contribution in [0.5, 0.6) is 0 Å². The Morgan fingerprint density at radius 2 is 1.94 bits per heavy atom. The van der Waals surface area contributed by atoms with Crippen molar-refractivity contribution < 1.29 is 38.3 Å². The number of nitro groups is 1. The monoisotopic (exact) mass is 451 g/mol. The summed E-state index contributed by atoms with van der Waals surface area (Å²) in [5, 5.41) is 11.6. The molecule has 1 aliphatic rings. The minimum atomic E-state index is -1.68. The molecule has 2 aromatic rings. The van der Waals surface area contributed by atoms with Gasteiger partial charge in [0.1, 0.15) is 30.2 Å². The molecule has 172 valence electrons. The molecule has 0 amide bonds. The maximum Gasteiger partial charge on any atom is 0.303 e. The third-order valence-corrected chi connectivity index (χ3v) is 4.87. The van der Waals surface area contributed by atoms with Crippen LogP contribution in [-0.2, 0) is 33.3 Å². The lowest BCUT2D eigenvalue weighted by Crippen LogP contribution is -2.50. The Kier molecular flexibility index (Phi) is 5.98. The number of carbonyl (C=O) groups excluding carboxylic acids is 3. The van der Waals surface area contributed by atoms with Gasteiger partial charge in [-0.2, -0.15) is 0 Å². The molecule has 0 spiro atoms. The van der Waals surface area contributed by atoms with Crippen LogP contribution in [0.2, 0.25) is 0 Å². The standard InChI is InChI=1S/C18H21N5O9/c1-8(24)29-6-12-14(30-9(2)25)18(4,32-10(3)26)17(31-12)22-5-11(23(27)28)13-15(19)20-7-21-16(13)22/h5,7,12,14,17H,6H2,1-4H3,(H2,19,20,21)/t12-,14-,17-,18-/m1/s1. The highest BCUT2D eigenvalue weighted by Gasteiger charge is 2.60. The molecule has 0 unspecified atom stereocenters. The van der Waals surface area contributed by atoms with E-state index in [1.54, 1.807) is 0 Å². The maximum atomic E-state index is 12.0. The van der Waals surface area contributed by atoms with Crippen LogP contribution in [0.15, 0.2) is 12.5 Å². The number of carbonyl (C=O) groups is 3. The first kappa shape index (κ1) is 22.9. The molecular formula is C18H21N5O9. The quantitative estimate of drug-likeness (QED) is 0.280. The van der Waals surface area contributed by atoms with Gasteiger partial charge in [0.25, 0.3) is 5.69 Å². The second-order valence-electron chi connectivity index (χ2n) is 7.27. The highest BCUT2D eigenvalue weighted by Crippen LogP contribution is 2.46. The number of rotatable bonds is 6. The molecule has 0 radical (unpaired) electrons. The van der Waals surface area contributed by atoms with Gasteiger partial charge in [-0.05, 0) is 6.92 Å². The van der Waals surface area contributed by atoms with E-state index in [1.165, 1.54) is 18.4 Å². The molecule has 32 heavy (non-hydrogen) atoms. The van der Waals surface area contributed by atoms with E-state index in [9.17, 15) is 24.5 Å². The SMILES string of the molecule is CC(=O)OC[C@H]1O[C@@H](n2cc([N+](=O)[O-])c3c(N)ncnc32)[C@](C)(OC(C)=O)[C@@H]1OC(C)=O. The number of ether oxygens (including phenoxy) is 4. The summed E-state index contributed by atoms with van der Waals surface area (Å²) in [5.74, 6) is -2.19. The summed E-state index contributed by atoms with van der Waals surface area (Å²) >= 11 is 0. The Hall–Kier alpha value is -3.81. The summed E-state index contributed by atoms with van der Waals surface area (Å²) in [5.41, 5.74) is 3.78. The molecule has 0 bridgehead atoms. The Labute approximate surface area is 180 Å². The van der Waals surface area contributed by atoms with Crippen molar-refractivity contribution >= 4 is 40.4 Å². The molecule has 1 fully saturated rings. The number of nitrogen functional groups attached to an aromatic ring is 1. The van der Waals surface area contributed by atoms with Crippen LogP contribution in [0.1, 0.15) is 33.9 Å². The Morgan fingerprint density at radius 1 is 1.25 bits per heavy atom. The van der Waals surface area contributed by atoms with Crippen molar-refractivity contribution in [3.8, 4) is 0 Å². The summed E-state index contributed by atoms with van der Waals surface area (Å²) in [4.78, 5) is 53.9. The third-order valence-electron chi connectivity index (χ3n) is 4.87. The second kappa shape index (κ2) is 8.37. The maximum absolute atomic E-state index is 12.0. The van der Waals surface area contributed by atoms with Gasteiger partial charge in [-0.1, -0.05) is 0 Å². The number of nitrogens with two attached hydrogens (primary N) is 1. The average molecular weight is 451 g/mol. The van der Waals surface area contributed by atoms with Gasteiger partial charge in [-0.15, -0.1) is 0 Å². The van der Waals surface area contributed by atoms with Crippen LogP contribution in [-0.4, -0.2) is 61.8 Å². The van der Waals surface area contributed by atoms with Gasteiger partial charge in [0.15, 0.2) is 23.6 Å². The van der Waals surface area contributed by atoms with Crippen molar-refractivity contribution in [2.24, 2.45) is 0 Å². The molecule has 0 saturated carbocycles. The molecule has 2 N–H and O–H groups in total. The van der Waals surface area contributed by atoms with Gasteiger partial charge in [0.05, 0.1) is 11.1 Å². The number of aromatic nitrogens is 3. The van der Waals surface area contributed by atoms with Crippen LogP contribution in [0.4, 0.5) is 11.5 Å². The number of esters is 3. The van der Waals surface area contributed by atoms with E-state index in [0.29, 0.717) is 0 Å². The molecule has 0 aliphatic carbocycles. The van der Waals surface area contributed by atoms with E-state index >= 15 is 0 Å². The predicted molar refractivity (Wildman–Crippen MR) is 105 cm³/mol. The van der Waals surface area contributed by atoms with E-state index in [4.69, 9.17) is 24.7 Å². The van der Waals surface area contributed by atoms with Crippen molar-refractivity contribution in [2.75, 3.05) is 12.3 Å². The lowest BCUT2D eigenvalue weighted by atomic mass is 9.95. The summed E-state index contributed by atoms with van der Waals surface area (Å²) in [6.45, 7) is 4.57. The van der Waals surface area contributed by atoms with E-state index in [-0.39, 0.29) is 23.5 Å². The van der Waals surface area contributed by atoms with Gasteiger partial charge >= 0.3 is 17.9 Å². The first-order chi connectivity index (χ1) is 15.0. The van der Waals surface area contributed by atoms with Gasteiger partial charge < -0.3 is 24.7 Å². The molecule has 0 aromatic carbocycles. The van der Waals surface area contributed by atoms with Crippen molar-refractivity contribution in [1.29, 1.82) is 0 Å². The lowest BCUT2D eigenvalue weighted by Gasteiger charge is -2.34. The topological polar surface area (TPSA) is 188 Å². The van der Waals surface area contributed by atoms with Crippen LogP contribution in [0.3, 0.4) is 0 Å².